The quantitative estimate of drug-likeness (QED) is 0.912. The van der Waals surface area contributed by atoms with Crippen LogP contribution < -0.4 is 14.8 Å². The molecular weight excluding hydrogens is 312 g/mol. The third kappa shape index (κ3) is 3.31. The van der Waals surface area contributed by atoms with Crippen LogP contribution in [0.5, 0.6) is 17.4 Å². The molecule has 100 valence electrons. The predicted octanol–water partition coefficient (Wildman–Crippen LogP) is 2.87. The highest BCUT2D eigenvalue weighted by atomic mass is 79.9. The zero-order valence-corrected chi connectivity index (χ0v) is 12.1. The number of pyridine rings is 1. The lowest BCUT2D eigenvalue weighted by molar-refractivity contribution is 0.368. The summed E-state index contributed by atoms with van der Waals surface area (Å²) in [5.74, 6) is 1.96. The van der Waals surface area contributed by atoms with Gasteiger partial charge in [0.1, 0.15) is 12.1 Å². The van der Waals surface area contributed by atoms with E-state index in [0.29, 0.717) is 23.2 Å². The average Bonchev–Trinajstić information content (AvgIpc) is 2.39. The van der Waals surface area contributed by atoms with Crippen LogP contribution >= 0.6 is 15.9 Å². The monoisotopic (exact) mass is 324 g/mol. The molecule has 0 unspecified atom stereocenters. The maximum absolute atomic E-state index is 5.66. The smallest absolute Gasteiger partial charge is 0.268 e. The molecule has 2 aromatic rings. The van der Waals surface area contributed by atoms with Gasteiger partial charge in [0.05, 0.1) is 13.3 Å². The molecule has 0 aliphatic heterocycles. The van der Waals surface area contributed by atoms with Crippen molar-refractivity contribution in [1.29, 1.82) is 0 Å². The molecular formula is C12H13BrN4O2. The van der Waals surface area contributed by atoms with E-state index in [-0.39, 0.29) is 0 Å². The summed E-state index contributed by atoms with van der Waals surface area (Å²) in [6, 6.07) is 1.79. The van der Waals surface area contributed by atoms with Crippen molar-refractivity contribution in [3.05, 3.63) is 29.3 Å². The second-order valence-electron chi connectivity index (χ2n) is 3.53. The number of ether oxygens (including phenoxy) is 2. The summed E-state index contributed by atoms with van der Waals surface area (Å²) in [6.45, 7) is 2.70. The topological polar surface area (TPSA) is 69.2 Å². The molecule has 19 heavy (non-hydrogen) atoms. The first-order valence-electron chi connectivity index (χ1n) is 5.65. The van der Waals surface area contributed by atoms with Crippen molar-refractivity contribution < 1.29 is 9.47 Å². The molecule has 0 aliphatic rings. The van der Waals surface area contributed by atoms with Crippen molar-refractivity contribution in [2.75, 3.05) is 19.0 Å². The Morgan fingerprint density at radius 2 is 2.16 bits per heavy atom. The molecule has 0 spiro atoms. The summed E-state index contributed by atoms with van der Waals surface area (Å²) >= 11 is 3.33. The summed E-state index contributed by atoms with van der Waals surface area (Å²) in [5.41, 5.74) is 0. The fourth-order valence-electron chi connectivity index (χ4n) is 1.47. The van der Waals surface area contributed by atoms with Gasteiger partial charge in [-0.3, -0.25) is 4.98 Å². The highest BCUT2D eigenvalue weighted by Gasteiger charge is 2.13. The Hall–Kier alpha value is -1.89. The fourth-order valence-corrected chi connectivity index (χ4v) is 1.81. The minimum Gasteiger partial charge on any atom is -0.489 e. The Bertz CT molecular complexity index is 565. The Kier molecular flexibility index (Phi) is 4.51. The molecule has 0 aliphatic carbocycles. The Morgan fingerprint density at radius 3 is 2.84 bits per heavy atom. The van der Waals surface area contributed by atoms with E-state index in [1.165, 1.54) is 6.33 Å². The second-order valence-corrected chi connectivity index (χ2v) is 4.45. The SMILES string of the molecule is CCNc1ncnc(Oc2cncc(Br)c2)c1OC. The van der Waals surface area contributed by atoms with Gasteiger partial charge < -0.3 is 14.8 Å². The Labute approximate surface area is 119 Å². The normalized spacial score (nSPS) is 10.1. The fraction of sp³-hybridized carbons (Fsp3) is 0.250. The van der Waals surface area contributed by atoms with Gasteiger partial charge in [-0.2, -0.15) is 4.98 Å². The third-order valence-corrected chi connectivity index (χ3v) is 2.65. The Balaban J connectivity index is 2.31. The first kappa shape index (κ1) is 13.5. The summed E-state index contributed by atoms with van der Waals surface area (Å²) in [5, 5.41) is 3.08. The van der Waals surface area contributed by atoms with Crippen LogP contribution in [0.2, 0.25) is 0 Å². The summed E-state index contributed by atoms with van der Waals surface area (Å²) in [7, 11) is 1.55. The molecule has 0 fully saturated rings. The molecule has 7 heteroatoms. The third-order valence-electron chi connectivity index (χ3n) is 2.21. The van der Waals surface area contributed by atoms with E-state index >= 15 is 0 Å². The number of methoxy groups -OCH3 is 1. The lowest BCUT2D eigenvalue weighted by Crippen LogP contribution is -2.04. The summed E-state index contributed by atoms with van der Waals surface area (Å²) < 4.78 is 11.8. The van der Waals surface area contributed by atoms with Gasteiger partial charge in [0.25, 0.3) is 5.88 Å². The van der Waals surface area contributed by atoms with E-state index in [9.17, 15) is 0 Å². The van der Waals surface area contributed by atoms with Crippen LogP contribution in [-0.2, 0) is 0 Å². The number of nitrogens with zero attached hydrogens (tertiary/aromatic N) is 3. The summed E-state index contributed by atoms with van der Waals surface area (Å²) in [4.78, 5) is 12.2. The summed E-state index contributed by atoms with van der Waals surface area (Å²) in [6.07, 6.45) is 4.69. The van der Waals surface area contributed by atoms with Crippen LogP contribution in [-0.4, -0.2) is 28.6 Å². The number of hydrogen-bond acceptors (Lipinski definition) is 6. The van der Waals surface area contributed by atoms with Crippen molar-refractivity contribution in [2.45, 2.75) is 6.92 Å². The van der Waals surface area contributed by atoms with Crippen LogP contribution in [0.25, 0.3) is 0 Å². The second kappa shape index (κ2) is 6.33. The first-order valence-corrected chi connectivity index (χ1v) is 6.45. The van der Waals surface area contributed by atoms with E-state index < -0.39 is 0 Å². The zero-order valence-electron chi connectivity index (χ0n) is 10.6. The molecule has 2 heterocycles. The molecule has 0 saturated heterocycles. The number of rotatable bonds is 5. The van der Waals surface area contributed by atoms with Gasteiger partial charge in [0.15, 0.2) is 5.82 Å². The molecule has 2 aromatic heterocycles. The van der Waals surface area contributed by atoms with Crippen LogP contribution in [0.4, 0.5) is 5.82 Å². The van der Waals surface area contributed by atoms with Gasteiger partial charge in [-0.15, -0.1) is 0 Å². The van der Waals surface area contributed by atoms with Gasteiger partial charge in [0, 0.05) is 17.2 Å². The predicted molar refractivity (Wildman–Crippen MR) is 74.8 cm³/mol. The highest BCUT2D eigenvalue weighted by molar-refractivity contribution is 9.10. The molecule has 0 aromatic carbocycles. The van der Waals surface area contributed by atoms with Gasteiger partial charge in [-0.05, 0) is 28.9 Å². The number of halogens is 1. The van der Waals surface area contributed by atoms with Gasteiger partial charge >= 0.3 is 0 Å². The van der Waals surface area contributed by atoms with Crippen molar-refractivity contribution in [3.8, 4) is 17.4 Å². The van der Waals surface area contributed by atoms with Crippen LogP contribution in [0, 0.1) is 0 Å². The van der Waals surface area contributed by atoms with E-state index in [0.717, 1.165) is 11.0 Å². The largest absolute Gasteiger partial charge is 0.489 e. The lowest BCUT2D eigenvalue weighted by Gasteiger charge is -2.12. The van der Waals surface area contributed by atoms with Crippen molar-refractivity contribution in [3.63, 3.8) is 0 Å². The molecule has 0 radical (unpaired) electrons. The van der Waals surface area contributed by atoms with E-state index in [4.69, 9.17) is 9.47 Å². The maximum atomic E-state index is 5.66. The molecule has 6 nitrogen and oxygen atoms in total. The number of aromatic nitrogens is 3. The zero-order chi connectivity index (χ0) is 13.7. The minimum absolute atomic E-state index is 0.341. The highest BCUT2D eigenvalue weighted by Crippen LogP contribution is 2.34. The molecule has 1 N–H and O–H groups in total. The van der Waals surface area contributed by atoms with Gasteiger partial charge in [-0.1, -0.05) is 0 Å². The minimum atomic E-state index is 0.341. The van der Waals surface area contributed by atoms with Crippen molar-refractivity contribution in [1.82, 2.24) is 15.0 Å². The van der Waals surface area contributed by atoms with Crippen LogP contribution in [0.1, 0.15) is 6.92 Å². The van der Waals surface area contributed by atoms with Crippen LogP contribution in [0.15, 0.2) is 29.3 Å². The van der Waals surface area contributed by atoms with E-state index in [2.05, 4.69) is 36.2 Å². The molecule has 0 atom stereocenters. The van der Waals surface area contributed by atoms with Gasteiger partial charge in [-0.25, -0.2) is 4.98 Å². The van der Waals surface area contributed by atoms with E-state index in [1.807, 2.05) is 6.92 Å². The van der Waals surface area contributed by atoms with Crippen molar-refractivity contribution >= 4 is 21.7 Å². The molecule has 0 bridgehead atoms. The van der Waals surface area contributed by atoms with Crippen LogP contribution in [0.3, 0.4) is 0 Å². The lowest BCUT2D eigenvalue weighted by atomic mass is 10.4. The van der Waals surface area contributed by atoms with Gasteiger partial charge in [0.2, 0.25) is 5.75 Å². The average molecular weight is 325 g/mol. The van der Waals surface area contributed by atoms with Crippen molar-refractivity contribution in [2.24, 2.45) is 0 Å². The molecule has 0 saturated carbocycles. The first-order chi connectivity index (χ1) is 9.24. The van der Waals surface area contributed by atoms with E-state index in [1.54, 1.807) is 25.6 Å². The standard InChI is InChI=1S/C12H13BrN4O2/c1-3-15-11-10(18-2)12(17-7-16-11)19-9-4-8(13)5-14-6-9/h4-7H,3H2,1-2H3,(H,15,16,17). The number of nitrogens with one attached hydrogen (secondary N) is 1. The number of anilines is 1. The molecule has 2 rings (SSSR count). The molecule has 0 amide bonds. The Morgan fingerprint density at radius 1 is 1.32 bits per heavy atom. The maximum Gasteiger partial charge on any atom is 0.268 e. The number of hydrogen-bond donors (Lipinski definition) is 1.